The highest BCUT2D eigenvalue weighted by molar-refractivity contribution is 7.81. The molecule has 1 aliphatic rings. The maximum absolute atomic E-state index is 11.8. The van der Waals surface area contributed by atoms with Crippen molar-refractivity contribution in [2.75, 3.05) is 6.61 Å². The van der Waals surface area contributed by atoms with Gasteiger partial charge in [0.25, 0.3) is 5.56 Å². The van der Waals surface area contributed by atoms with Gasteiger partial charge >= 0.3 is 29.2 Å². The first-order valence-electron chi connectivity index (χ1n) is 7.22. The van der Waals surface area contributed by atoms with E-state index in [9.17, 15) is 33.3 Å². The van der Waals surface area contributed by atoms with Crippen LogP contribution < -0.4 is 11.2 Å². The average Bonchev–Trinajstić information content (AvgIpc) is 2.78. The van der Waals surface area contributed by atoms with E-state index in [0.29, 0.717) is 0 Å². The minimum Gasteiger partial charge on any atom is -0.387 e. The lowest BCUT2D eigenvalue weighted by atomic mass is 10.2. The molecule has 0 aromatic carbocycles. The van der Waals surface area contributed by atoms with Gasteiger partial charge in [0.15, 0.2) is 6.23 Å². The summed E-state index contributed by atoms with van der Waals surface area (Å²) in [5.41, 5.74) is -1.62. The summed E-state index contributed by atoms with van der Waals surface area (Å²) >= 11 is 4.03. The predicted molar refractivity (Wildman–Crippen MR) is 93.8 cm³/mol. The predicted octanol–water partition coefficient (Wildman–Crippen LogP) is -1.56. The molecule has 166 valence electrons. The first-order chi connectivity index (χ1) is 13.1. The van der Waals surface area contributed by atoms with E-state index in [4.69, 9.17) is 19.4 Å². The van der Waals surface area contributed by atoms with Crippen LogP contribution in [-0.2, 0) is 31.6 Å². The topological polar surface area (TPSA) is 244 Å². The third kappa shape index (κ3) is 6.94. The average molecular weight is 500 g/mol. The number of aromatic amines is 1. The van der Waals surface area contributed by atoms with Crippen LogP contribution in [0, 0.1) is 0 Å². The van der Waals surface area contributed by atoms with Crippen LogP contribution in [0.1, 0.15) is 6.23 Å². The number of aliphatic hydroxyl groups excluding tert-OH is 1. The zero-order chi connectivity index (χ0) is 22.2. The molecule has 16 nitrogen and oxygen atoms in total. The van der Waals surface area contributed by atoms with Gasteiger partial charge in [0.05, 0.1) is 18.0 Å². The molecule has 20 heteroatoms. The lowest BCUT2D eigenvalue weighted by molar-refractivity contribution is -0.0524. The van der Waals surface area contributed by atoms with Crippen LogP contribution in [0.5, 0.6) is 0 Å². The fourth-order valence-electron chi connectivity index (χ4n) is 2.20. The number of nitrogens with zero attached hydrogens (tertiary/aromatic N) is 1. The molecule has 0 saturated carbocycles. The zero-order valence-electron chi connectivity index (χ0n) is 13.8. The second kappa shape index (κ2) is 8.85. The molecule has 0 bridgehead atoms. The molecule has 1 aliphatic heterocycles. The van der Waals surface area contributed by atoms with Gasteiger partial charge in [0.2, 0.25) is 0 Å². The Morgan fingerprint density at radius 1 is 1.14 bits per heavy atom. The molecule has 0 aliphatic carbocycles. The molecule has 0 spiro atoms. The van der Waals surface area contributed by atoms with E-state index in [1.807, 2.05) is 4.98 Å². The Bertz CT molecular complexity index is 1000. The highest BCUT2D eigenvalue weighted by atomic mass is 32.1. The van der Waals surface area contributed by atoms with E-state index in [1.54, 1.807) is 0 Å². The SMILES string of the molecule is O=c1ccn([C@@H]2O[C@H](COP(=O)(O)OP(=O)(O)OP(=O)(O)O)[C@@H](S)[C@H]2O)c(=O)[nH]1. The second-order valence-corrected chi connectivity index (χ2v) is 10.5. The summed E-state index contributed by atoms with van der Waals surface area (Å²) in [5, 5.41) is 9.06. The number of hydrogen-bond acceptors (Lipinski definition) is 11. The Morgan fingerprint density at radius 2 is 1.76 bits per heavy atom. The summed E-state index contributed by atoms with van der Waals surface area (Å²) in [5.74, 6) is 0. The first kappa shape index (κ1) is 24.6. The lowest BCUT2D eigenvalue weighted by Gasteiger charge is -2.19. The van der Waals surface area contributed by atoms with Gasteiger partial charge in [-0.2, -0.15) is 21.3 Å². The van der Waals surface area contributed by atoms with Crippen LogP contribution in [-0.4, -0.2) is 58.3 Å². The van der Waals surface area contributed by atoms with Crippen LogP contribution in [0.15, 0.2) is 21.9 Å². The zero-order valence-corrected chi connectivity index (χ0v) is 17.4. The summed E-state index contributed by atoms with van der Waals surface area (Å²) in [6.45, 7) is -0.872. The van der Waals surface area contributed by atoms with Crippen molar-refractivity contribution in [2.24, 2.45) is 0 Å². The van der Waals surface area contributed by atoms with Crippen molar-refractivity contribution in [2.45, 2.75) is 23.7 Å². The number of aromatic nitrogens is 2. The number of nitrogens with one attached hydrogen (secondary N) is 1. The number of hydrogen-bond donors (Lipinski definition) is 7. The fourth-order valence-corrected chi connectivity index (χ4v) is 5.53. The Labute approximate surface area is 165 Å². The van der Waals surface area contributed by atoms with E-state index in [-0.39, 0.29) is 0 Å². The molecule has 0 radical (unpaired) electrons. The highest BCUT2D eigenvalue weighted by Crippen LogP contribution is 2.66. The van der Waals surface area contributed by atoms with Gasteiger partial charge in [0, 0.05) is 12.3 Å². The van der Waals surface area contributed by atoms with Gasteiger partial charge in [-0.25, -0.2) is 18.5 Å². The van der Waals surface area contributed by atoms with Gasteiger partial charge in [-0.1, -0.05) is 0 Å². The Kier molecular flexibility index (Phi) is 7.51. The largest absolute Gasteiger partial charge is 0.490 e. The third-order valence-corrected chi connectivity index (χ3v) is 7.72. The molecule has 2 unspecified atom stereocenters. The molecule has 29 heavy (non-hydrogen) atoms. The van der Waals surface area contributed by atoms with Crippen LogP contribution in [0.3, 0.4) is 0 Å². The molecule has 1 aromatic heterocycles. The minimum atomic E-state index is -5.69. The van der Waals surface area contributed by atoms with E-state index >= 15 is 0 Å². The van der Waals surface area contributed by atoms with Crippen molar-refractivity contribution in [3.63, 3.8) is 0 Å². The van der Waals surface area contributed by atoms with Gasteiger partial charge in [-0.3, -0.25) is 18.9 Å². The molecule has 2 rings (SSSR count). The summed E-state index contributed by atoms with van der Waals surface area (Å²) in [6, 6.07) is 0.977. The first-order valence-corrected chi connectivity index (χ1v) is 12.3. The number of aliphatic hydroxyl groups is 1. The van der Waals surface area contributed by atoms with Crippen molar-refractivity contribution in [3.05, 3.63) is 33.1 Å². The Hall–Kier alpha value is -0.640. The molecule has 0 amide bonds. The van der Waals surface area contributed by atoms with Crippen molar-refractivity contribution >= 4 is 36.1 Å². The van der Waals surface area contributed by atoms with Crippen LogP contribution in [0.4, 0.5) is 0 Å². The monoisotopic (exact) mass is 500 g/mol. The lowest BCUT2D eigenvalue weighted by Crippen LogP contribution is -2.36. The van der Waals surface area contributed by atoms with Crippen LogP contribution in [0.25, 0.3) is 0 Å². The second-order valence-electron chi connectivity index (χ2n) is 5.45. The molecular formula is C9H15N2O14P3S. The van der Waals surface area contributed by atoms with Crippen molar-refractivity contribution in [1.82, 2.24) is 9.55 Å². The Balaban J connectivity index is 2.06. The standard InChI is InChI=1S/C9H15N2O14P3S/c12-5-1-2-11(9(14)10-5)8-6(13)7(29)4(23-8)3-22-27(18,19)25-28(20,21)24-26(15,16)17/h1-2,4,6-8,13,29H,3H2,(H,18,19)(H,20,21)(H,10,12,14)(H2,15,16,17)/t4-,6-,7-,8-/m1/s1. The number of H-pyrrole nitrogens is 1. The minimum absolute atomic E-state index is 0.703. The number of phosphoric ester groups is 1. The van der Waals surface area contributed by atoms with Crippen molar-refractivity contribution in [1.29, 1.82) is 0 Å². The van der Waals surface area contributed by atoms with Crippen LogP contribution >= 0.6 is 36.1 Å². The van der Waals surface area contributed by atoms with Crippen molar-refractivity contribution < 1.29 is 56.3 Å². The van der Waals surface area contributed by atoms with Gasteiger partial charge < -0.3 is 29.4 Å². The van der Waals surface area contributed by atoms with E-state index in [1.165, 1.54) is 0 Å². The summed E-state index contributed by atoms with van der Waals surface area (Å²) in [6.07, 6.45) is -3.05. The van der Waals surface area contributed by atoms with E-state index in [2.05, 4.69) is 25.8 Å². The number of rotatable bonds is 8. The number of phosphoric acid groups is 3. The maximum atomic E-state index is 11.8. The summed E-state index contributed by atoms with van der Waals surface area (Å²) in [7, 11) is -16.6. The third-order valence-electron chi connectivity index (χ3n) is 3.28. The molecular weight excluding hydrogens is 485 g/mol. The normalized spacial score (nSPS) is 29.3. The summed E-state index contributed by atoms with van der Waals surface area (Å²) < 4.78 is 51.2. The number of thiol groups is 1. The summed E-state index contributed by atoms with van der Waals surface area (Å²) in [4.78, 5) is 60.2. The molecule has 6 N–H and O–H groups in total. The molecule has 6 atom stereocenters. The molecule has 1 saturated heterocycles. The van der Waals surface area contributed by atoms with E-state index in [0.717, 1.165) is 16.8 Å². The van der Waals surface area contributed by atoms with Gasteiger partial charge in [-0.15, -0.1) is 0 Å². The molecule has 2 heterocycles. The quantitative estimate of drug-likeness (QED) is 0.158. The maximum Gasteiger partial charge on any atom is 0.490 e. The molecule has 1 aromatic rings. The highest BCUT2D eigenvalue weighted by Gasteiger charge is 2.46. The van der Waals surface area contributed by atoms with Crippen LogP contribution in [0.2, 0.25) is 0 Å². The number of ether oxygens (including phenoxy) is 1. The fraction of sp³-hybridized carbons (Fsp3) is 0.556. The Morgan fingerprint density at radius 3 is 2.31 bits per heavy atom. The van der Waals surface area contributed by atoms with Crippen molar-refractivity contribution in [3.8, 4) is 0 Å². The smallest absolute Gasteiger partial charge is 0.387 e. The van der Waals surface area contributed by atoms with Gasteiger partial charge in [-0.05, 0) is 0 Å². The van der Waals surface area contributed by atoms with E-state index < -0.39 is 65.0 Å². The van der Waals surface area contributed by atoms with Gasteiger partial charge in [0.1, 0.15) is 6.10 Å². The molecule has 1 fully saturated rings.